The molecule has 0 unspecified atom stereocenters. The predicted molar refractivity (Wildman–Crippen MR) is 128 cm³/mol. The van der Waals surface area contributed by atoms with Gasteiger partial charge < -0.3 is 4.74 Å². The van der Waals surface area contributed by atoms with Crippen molar-refractivity contribution in [2.75, 3.05) is 10.9 Å². The van der Waals surface area contributed by atoms with Gasteiger partial charge in [-0.1, -0.05) is 41.9 Å². The number of hydrogen-bond acceptors (Lipinski definition) is 4. The van der Waals surface area contributed by atoms with Crippen molar-refractivity contribution in [1.29, 1.82) is 0 Å². The molecule has 1 amide bonds. The van der Waals surface area contributed by atoms with Gasteiger partial charge in [-0.3, -0.25) is 4.79 Å². The van der Waals surface area contributed by atoms with Crippen LogP contribution in [0.15, 0.2) is 71.6 Å². The van der Waals surface area contributed by atoms with Crippen LogP contribution in [-0.4, -0.2) is 20.9 Å². The largest absolute Gasteiger partial charge is 0.493 e. The maximum Gasteiger partial charge on any atom is 0.270 e. The van der Waals surface area contributed by atoms with E-state index in [1.807, 2.05) is 50.2 Å². The number of sulfonamides is 1. The molecule has 0 heterocycles. The Kier molecular flexibility index (Phi) is 7.59. The first kappa shape index (κ1) is 23.8. The van der Waals surface area contributed by atoms with Crippen LogP contribution < -0.4 is 9.04 Å². The number of carbonyl (C=O) groups is 1. The van der Waals surface area contributed by atoms with Gasteiger partial charge in [-0.15, -0.1) is 0 Å². The monoisotopic (exact) mass is 471 g/mol. The van der Waals surface area contributed by atoms with Crippen molar-refractivity contribution in [2.45, 2.75) is 38.5 Å². The summed E-state index contributed by atoms with van der Waals surface area (Å²) in [5, 5.41) is 0.418. The maximum absolute atomic E-state index is 13.5. The van der Waals surface area contributed by atoms with E-state index in [4.69, 9.17) is 16.3 Å². The van der Waals surface area contributed by atoms with E-state index in [0.29, 0.717) is 29.3 Å². The molecule has 0 bridgehead atoms. The molecule has 0 aromatic heterocycles. The third-order valence-electron chi connectivity index (χ3n) is 5.05. The highest BCUT2D eigenvalue weighted by Crippen LogP contribution is 2.29. The van der Waals surface area contributed by atoms with Crippen LogP contribution in [0.1, 0.15) is 29.5 Å². The Labute approximate surface area is 194 Å². The highest BCUT2D eigenvalue weighted by Gasteiger charge is 2.31. The number of rotatable bonds is 8. The van der Waals surface area contributed by atoms with E-state index in [2.05, 4.69) is 0 Å². The lowest BCUT2D eigenvalue weighted by Gasteiger charge is -2.25. The van der Waals surface area contributed by atoms with Gasteiger partial charge in [-0.25, -0.2) is 12.7 Å². The molecule has 0 aliphatic carbocycles. The number of carbonyl (C=O) groups excluding carboxylic acids is 1. The zero-order chi connectivity index (χ0) is 23.3. The molecule has 0 aliphatic heterocycles. The number of amides is 1. The lowest BCUT2D eigenvalue weighted by Crippen LogP contribution is -2.37. The molecule has 3 rings (SSSR count). The SMILES string of the molecule is Cc1ccc(C)c(N(C(=O)CCCOc2ccccc2C)S(=O)(=O)c2ccc(Cl)cc2)c1. The van der Waals surface area contributed by atoms with Crippen molar-refractivity contribution in [3.05, 3.63) is 88.4 Å². The lowest BCUT2D eigenvalue weighted by molar-refractivity contribution is -0.117. The number of aryl methyl sites for hydroxylation is 3. The zero-order valence-corrected chi connectivity index (χ0v) is 19.9. The molecule has 0 N–H and O–H groups in total. The third-order valence-corrected chi connectivity index (χ3v) is 7.05. The molecule has 3 aromatic carbocycles. The topological polar surface area (TPSA) is 63.7 Å². The molecule has 3 aromatic rings. The van der Waals surface area contributed by atoms with Crippen molar-refractivity contribution in [3.8, 4) is 5.75 Å². The fourth-order valence-electron chi connectivity index (χ4n) is 3.27. The van der Waals surface area contributed by atoms with Crippen LogP contribution in [0.25, 0.3) is 0 Å². The first-order valence-corrected chi connectivity index (χ1v) is 12.1. The Morgan fingerprint density at radius 2 is 1.62 bits per heavy atom. The Hall–Kier alpha value is -2.83. The molecule has 32 heavy (non-hydrogen) atoms. The summed E-state index contributed by atoms with van der Waals surface area (Å²) in [6.07, 6.45) is 0.400. The molecule has 168 valence electrons. The minimum Gasteiger partial charge on any atom is -0.493 e. The summed E-state index contributed by atoms with van der Waals surface area (Å²) in [5.41, 5.74) is 2.90. The second-order valence-corrected chi connectivity index (χ2v) is 9.85. The van der Waals surface area contributed by atoms with E-state index in [1.165, 1.54) is 24.3 Å². The van der Waals surface area contributed by atoms with Crippen LogP contribution in [0.2, 0.25) is 5.02 Å². The van der Waals surface area contributed by atoms with E-state index in [-0.39, 0.29) is 11.3 Å². The summed E-state index contributed by atoms with van der Waals surface area (Å²) in [6, 6.07) is 18.8. The normalized spacial score (nSPS) is 11.2. The van der Waals surface area contributed by atoms with Crippen LogP contribution in [0.5, 0.6) is 5.75 Å². The molecule has 7 heteroatoms. The number of para-hydroxylation sites is 1. The van der Waals surface area contributed by atoms with Crippen molar-refractivity contribution in [2.24, 2.45) is 0 Å². The number of benzene rings is 3. The van der Waals surface area contributed by atoms with E-state index in [1.54, 1.807) is 13.0 Å². The van der Waals surface area contributed by atoms with Gasteiger partial charge in [-0.2, -0.15) is 0 Å². The molecule has 0 atom stereocenters. The molecule has 0 radical (unpaired) electrons. The average molecular weight is 472 g/mol. The van der Waals surface area contributed by atoms with Crippen LogP contribution in [0.3, 0.4) is 0 Å². The summed E-state index contributed by atoms with van der Waals surface area (Å²) >= 11 is 5.92. The minimum atomic E-state index is -4.12. The van der Waals surface area contributed by atoms with Gasteiger partial charge >= 0.3 is 0 Å². The lowest BCUT2D eigenvalue weighted by atomic mass is 10.1. The molecule has 0 fully saturated rings. The van der Waals surface area contributed by atoms with Gasteiger partial charge in [0.25, 0.3) is 10.0 Å². The first-order chi connectivity index (χ1) is 15.2. The number of nitrogens with zero attached hydrogens (tertiary/aromatic N) is 1. The summed E-state index contributed by atoms with van der Waals surface area (Å²) in [5.74, 6) is 0.238. The highest BCUT2D eigenvalue weighted by molar-refractivity contribution is 7.93. The third kappa shape index (κ3) is 5.50. The quantitative estimate of drug-likeness (QED) is 0.387. The Morgan fingerprint density at radius 1 is 0.938 bits per heavy atom. The summed E-state index contributed by atoms with van der Waals surface area (Å²) in [4.78, 5) is 13.2. The van der Waals surface area contributed by atoms with Crippen molar-refractivity contribution >= 4 is 33.2 Å². The zero-order valence-electron chi connectivity index (χ0n) is 18.3. The standard InChI is InChI=1S/C25H26ClNO4S/c1-18-10-11-19(2)23(17-18)27(32(29,30)22-14-12-21(26)13-15-22)25(28)9-6-16-31-24-8-5-4-7-20(24)3/h4-5,7-8,10-15,17H,6,9,16H2,1-3H3. The minimum absolute atomic E-state index is 0.00677. The average Bonchev–Trinajstić information content (AvgIpc) is 2.75. The highest BCUT2D eigenvalue weighted by atomic mass is 35.5. The van der Waals surface area contributed by atoms with Gasteiger partial charge in [0.2, 0.25) is 5.91 Å². The molecular weight excluding hydrogens is 446 g/mol. The molecule has 5 nitrogen and oxygen atoms in total. The van der Waals surface area contributed by atoms with Crippen molar-refractivity contribution in [3.63, 3.8) is 0 Å². The van der Waals surface area contributed by atoms with Gasteiger partial charge in [0.15, 0.2) is 0 Å². The van der Waals surface area contributed by atoms with E-state index in [9.17, 15) is 13.2 Å². The number of hydrogen-bond donors (Lipinski definition) is 0. The predicted octanol–water partition coefficient (Wildman–Crippen LogP) is 5.85. The summed E-state index contributed by atoms with van der Waals surface area (Å²) in [7, 11) is -4.12. The van der Waals surface area contributed by atoms with Crippen LogP contribution in [-0.2, 0) is 14.8 Å². The van der Waals surface area contributed by atoms with E-state index in [0.717, 1.165) is 21.2 Å². The molecule has 0 saturated carbocycles. The van der Waals surface area contributed by atoms with Crippen LogP contribution >= 0.6 is 11.6 Å². The second kappa shape index (κ2) is 10.2. The van der Waals surface area contributed by atoms with Crippen LogP contribution in [0.4, 0.5) is 5.69 Å². The fourth-order valence-corrected chi connectivity index (χ4v) is 4.91. The smallest absolute Gasteiger partial charge is 0.270 e. The molecule has 0 spiro atoms. The Morgan fingerprint density at radius 3 is 2.31 bits per heavy atom. The van der Waals surface area contributed by atoms with Gasteiger partial charge in [0.1, 0.15) is 5.75 Å². The molecule has 0 saturated heterocycles. The Bertz CT molecular complexity index is 1210. The fraction of sp³-hybridized carbons (Fsp3) is 0.240. The number of halogens is 1. The maximum atomic E-state index is 13.5. The van der Waals surface area contributed by atoms with E-state index >= 15 is 0 Å². The van der Waals surface area contributed by atoms with Gasteiger partial charge in [0.05, 0.1) is 17.2 Å². The van der Waals surface area contributed by atoms with E-state index < -0.39 is 15.9 Å². The summed E-state index contributed by atoms with van der Waals surface area (Å²) < 4.78 is 33.6. The van der Waals surface area contributed by atoms with Crippen LogP contribution in [0, 0.1) is 20.8 Å². The number of ether oxygens (including phenoxy) is 1. The first-order valence-electron chi connectivity index (χ1n) is 10.3. The van der Waals surface area contributed by atoms with Gasteiger partial charge in [-0.05, 0) is 80.3 Å². The molecule has 0 aliphatic rings. The Balaban J connectivity index is 1.85. The second-order valence-electron chi connectivity index (χ2n) is 7.62. The summed E-state index contributed by atoms with van der Waals surface area (Å²) in [6.45, 7) is 5.89. The molecular formula is C25H26ClNO4S. The van der Waals surface area contributed by atoms with Crippen molar-refractivity contribution < 1.29 is 17.9 Å². The van der Waals surface area contributed by atoms with Crippen molar-refractivity contribution in [1.82, 2.24) is 0 Å². The van der Waals surface area contributed by atoms with Gasteiger partial charge in [0, 0.05) is 11.4 Å². The number of anilines is 1.